The fourth-order valence-corrected chi connectivity index (χ4v) is 4.82. The van der Waals surface area contributed by atoms with Crippen molar-refractivity contribution in [1.29, 1.82) is 0 Å². The molecule has 0 spiro atoms. The van der Waals surface area contributed by atoms with Gasteiger partial charge in [-0.15, -0.1) is 11.8 Å². The Morgan fingerprint density at radius 2 is 1.83 bits per heavy atom. The molecule has 0 unspecified atom stereocenters. The Kier molecular flexibility index (Phi) is 5.38. The zero-order valence-corrected chi connectivity index (χ0v) is 18.3. The number of ether oxygens (including phenoxy) is 2. The van der Waals surface area contributed by atoms with Crippen molar-refractivity contribution in [2.45, 2.75) is 26.0 Å². The predicted octanol–water partition coefficient (Wildman–Crippen LogP) is 3.38. The molecule has 1 aromatic carbocycles. The Labute approximate surface area is 179 Å². The molecule has 4 rings (SSSR count). The lowest BCUT2D eigenvalue weighted by Gasteiger charge is -2.19. The van der Waals surface area contributed by atoms with Gasteiger partial charge >= 0.3 is 0 Å². The number of aromatic nitrogens is 4. The Morgan fingerprint density at radius 3 is 2.50 bits per heavy atom. The van der Waals surface area contributed by atoms with Gasteiger partial charge in [-0.3, -0.25) is 4.79 Å². The molecule has 8 nitrogen and oxygen atoms in total. The fourth-order valence-electron chi connectivity index (χ4n) is 3.62. The first kappa shape index (κ1) is 20.2. The van der Waals surface area contributed by atoms with Crippen LogP contribution in [0.4, 0.5) is 5.82 Å². The van der Waals surface area contributed by atoms with Crippen LogP contribution in [0.5, 0.6) is 11.5 Å². The highest BCUT2D eigenvalue weighted by Gasteiger charge is 2.33. The van der Waals surface area contributed by atoms with Crippen LogP contribution >= 0.6 is 11.8 Å². The minimum Gasteiger partial charge on any atom is -0.497 e. The van der Waals surface area contributed by atoms with Gasteiger partial charge in [0.25, 0.3) is 5.95 Å². The van der Waals surface area contributed by atoms with Crippen LogP contribution in [0.2, 0.25) is 0 Å². The number of hydrogen-bond acceptors (Lipinski definition) is 7. The van der Waals surface area contributed by atoms with Gasteiger partial charge in [0.2, 0.25) is 5.91 Å². The van der Waals surface area contributed by atoms with Gasteiger partial charge in [0.15, 0.2) is 0 Å². The molecule has 0 saturated heterocycles. The van der Waals surface area contributed by atoms with E-state index in [0.29, 0.717) is 17.5 Å². The molecule has 0 bridgehead atoms. The third-order valence-corrected chi connectivity index (χ3v) is 6.14. The van der Waals surface area contributed by atoms with E-state index in [1.807, 2.05) is 45.0 Å². The van der Waals surface area contributed by atoms with Gasteiger partial charge < -0.3 is 14.8 Å². The van der Waals surface area contributed by atoms with E-state index in [2.05, 4.69) is 20.4 Å². The molecule has 1 aliphatic heterocycles. The van der Waals surface area contributed by atoms with Crippen molar-refractivity contribution >= 4 is 23.5 Å². The topological polar surface area (TPSA) is 91.2 Å². The van der Waals surface area contributed by atoms with E-state index in [-0.39, 0.29) is 11.2 Å². The van der Waals surface area contributed by atoms with E-state index in [0.717, 1.165) is 39.7 Å². The van der Waals surface area contributed by atoms with Gasteiger partial charge in [-0.1, -0.05) is 0 Å². The van der Waals surface area contributed by atoms with Crippen molar-refractivity contribution in [3.63, 3.8) is 0 Å². The summed E-state index contributed by atoms with van der Waals surface area (Å²) < 4.78 is 12.7. The van der Waals surface area contributed by atoms with Crippen LogP contribution in [0.3, 0.4) is 0 Å². The average Bonchev–Trinajstić information content (AvgIpc) is 2.92. The van der Waals surface area contributed by atoms with E-state index >= 15 is 0 Å². The molecule has 2 aromatic heterocycles. The number of amides is 1. The van der Waals surface area contributed by atoms with Gasteiger partial charge in [0.1, 0.15) is 17.3 Å². The summed E-state index contributed by atoms with van der Waals surface area (Å²) in [6, 6.07) is 7.58. The van der Waals surface area contributed by atoms with E-state index < -0.39 is 0 Å². The summed E-state index contributed by atoms with van der Waals surface area (Å²) in [6.45, 7) is 5.74. The maximum atomic E-state index is 12.6. The molecule has 0 saturated carbocycles. The number of thioether (sulfide) groups is 1. The van der Waals surface area contributed by atoms with Crippen molar-refractivity contribution in [2.24, 2.45) is 0 Å². The number of nitrogens with one attached hydrogen (secondary N) is 1. The Balaban J connectivity index is 1.93. The van der Waals surface area contributed by atoms with Crippen LogP contribution in [-0.2, 0) is 4.79 Å². The second-order valence-corrected chi connectivity index (χ2v) is 8.15. The molecule has 0 aliphatic carbocycles. The number of rotatable bonds is 4. The summed E-state index contributed by atoms with van der Waals surface area (Å²) in [7, 11) is 3.26. The zero-order chi connectivity index (χ0) is 21.4. The number of nitrogens with zero attached hydrogens (tertiary/aromatic N) is 4. The van der Waals surface area contributed by atoms with Crippen molar-refractivity contribution in [3.8, 4) is 17.4 Å². The first-order valence-corrected chi connectivity index (χ1v) is 10.5. The molecule has 30 heavy (non-hydrogen) atoms. The van der Waals surface area contributed by atoms with Crippen LogP contribution < -0.4 is 14.8 Å². The fraction of sp³-hybridized carbons (Fsp3) is 0.333. The minimum atomic E-state index is -0.177. The molecule has 0 radical (unpaired) electrons. The number of aryl methyl sites for hydroxylation is 3. The zero-order valence-electron chi connectivity index (χ0n) is 17.5. The highest BCUT2D eigenvalue weighted by atomic mass is 32.2. The molecular weight excluding hydrogens is 402 g/mol. The molecule has 1 atom stereocenters. The Morgan fingerprint density at radius 1 is 1.10 bits per heavy atom. The lowest BCUT2D eigenvalue weighted by molar-refractivity contribution is -0.113. The highest BCUT2D eigenvalue weighted by Crippen LogP contribution is 2.47. The molecule has 1 N–H and O–H groups in total. The normalized spacial score (nSPS) is 15.9. The SMILES string of the molecule is COc1ccc(OC)c([C@@H]2SCC(=O)Nc3c2c(C)nn3-c2nc(C)cc(C)n2)c1. The number of methoxy groups -OCH3 is 2. The molecule has 0 fully saturated rings. The van der Waals surface area contributed by atoms with Crippen LogP contribution in [-0.4, -0.2) is 45.6 Å². The predicted molar refractivity (Wildman–Crippen MR) is 116 cm³/mol. The van der Waals surface area contributed by atoms with Gasteiger partial charge in [-0.2, -0.15) is 9.78 Å². The van der Waals surface area contributed by atoms with E-state index in [1.165, 1.54) is 11.8 Å². The largest absolute Gasteiger partial charge is 0.497 e. The number of fused-ring (bicyclic) bond motifs is 1. The van der Waals surface area contributed by atoms with Crippen LogP contribution in [0.15, 0.2) is 24.3 Å². The van der Waals surface area contributed by atoms with Gasteiger partial charge in [-0.05, 0) is 45.0 Å². The van der Waals surface area contributed by atoms with Crippen molar-refractivity contribution in [3.05, 3.63) is 52.5 Å². The first-order chi connectivity index (χ1) is 14.4. The molecule has 1 aliphatic rings. The summed E-state index contributed by atoms with van der Waals surface area (Å²) in [4.78, 5) is 21.6. The summed E-state index contributed by atoms with van der Waals surface area (Å²) in [5.74, 6) is 2.66. The molecule has 3 aromatic rings. The Hall–Kier alpha value is -3.07. The van der Waals surface area contributed by atoms with Crippen molar-refractivity contribution in [2.75, 3.05) is 25.3 Å². The van der Waals surface area contributed by atoms with Gasteiger partial charge in [0.05, 0.1) is 30.9 Å². The quantitative estimate of drug-likeness (QED) is 0.685. The van der Waals surface area contributed by atoms with E-state index in [9.17, 15) is 4.79 Å². The van der Waals surface area contributed by atoms with Crippen LogP contribution in [0, 0.1) is 20.8 Å². The molecule has 1 amide bonds. The standard InChI is InChI=1S/C21H23N5O3S/c1-11-8-12(2)23-21(22-11)26-20-18(13(3)25-26)19(30-10-17(27)24-20)15-9-14(28-4)6-7-16(15)29-5/h6-9,19H,10H2,1-5H3,(H,24,27)/t19-/m0/s1. The second kappa shape index (κ2) is 7.98. The summed E-state index contributed by atoms with van der Waals surface area (Å²) in [5, 5.41) is 7.51. The summed E-state index contributed by atoms with van der Waals surface area (Å²) in [6.07, 6.45) is 0. The van der Waals surface area contributed by atoms with Gasteiger partial charge in [0, 0.05) is 22.5 Å². The molecule has 3 heterocycles. The first-order valence-electron chi connectivity index (χ1n) is 9.46. The Bertz CT molecular complexity index is 1110. The third kappa shape index (κ3) is 3.60. The summed E-state index contributed by atoms with van der Waals surface area (Å²) >= 11 is 1.52. The lowest BCUT2D eigenvalue weighted by atomic mass is 10.0. The molecular formula is C21H23N5O3S. The van der Waals surface area contributed by atoms with Crippen molar-refractivity contribution in [1.82, 2.24) is 19.7 Å². The number of hydrogen-bond donors (Lipinski definition) is 1. The highest BCUT2D eigenvalue weighted by molar-refractivity contribution is 8.00. The maximum Gasteiger partial charge on any atom is 0.252 e. The molecule has 156 valence electrons. The monoisotopic (exact) mass is 425 g/mol. The van der Waals surface area contributed by atoms with E-state index in [1.54, 1.807) is 18.9 Å². The van der Waals surface area contributed by atoms with Crippen molar-refractivity contribution < 1.29 is 14.3 Å². The maximum absolute atomic E-state index is 12.6. The third-order valence-electron chi connectivity index (χ3n) is 4.89. The second-order valence-electron chi connectivity index (χ2n) is 7.06. The van der Waals surface area contributed by atoms with Crippen LogP contribution in [0.25, 0.3) is 5.95 Å². The van der Waals surface area contributed by atoms with E-state index in [4.69, 9.17) is 9.47 Å². The number of carbonyl (C=O) groups excluding carboxylic acids is 1. The number of anilines is 1. The lowest BCUT2D eigenvalue weighted by Crippen LogP contribution is -2.17. The number of benzene rings is 1. The van der Waals surface area contributed by atoms with Gasteiger partial charge in [-0.25, -0.2) is 9.97 Å². The molecule has 9 heteroatoms. The average molecular weight is 426 g/mol. The van der Waals surface area contributed by atoms with Crippen LogP contribution in [0.1, 0.15) is 33.5 Å². The number of carbonyl (C=O) groups is 1. The smallest absolute Gasteiger partial charge is 0.252 e. The summed E-state index contributed by atoms with van der Waals surface area (Å²) in [5.41, 5.74) is 4.28. The minimum absolute atomic E-state index is 0.101.